The quantitative estimate of drug-likeness (QED) is 0.794. The fourth-order valence-electron chi connectivity index (χ4n) is 1.96. The van der Waals surface area contributed by atoms with E-state index >= 15 is 0 Å². The van der Waals surface area contributed by atoms with Gasteiger partial charge >= 0.3 is 0 Å². The molecular weight excluding hydrogens is 260 g/mol. The van der Waals surface area contributed by atoms with Gasteiger partial charge in [-0.3, -0.25) is 4.90 Å². The zero-order valence-electron chi connectivity index (χ0n) is 14.6. The molecule has 1 aromatic rings. The first kappa shape index (κ1) is 18.1. The zero-order chi connectivity index (χ0) is 15.9. The van der Waals surface area contributed by atoms with E-state index in [1.165, 1.54) is 11.1 Å². The molecule has 0 bridgehead atoms. The lowest BCUT2D eigenvalue weighted by atomic mass is 10.1. The monoisotopic (exact) mass is 292 g/mol. The highest BCUT2D eigenvalue weighted by Crippen LogP contribution is 2.08. The van der Waals surface area contributed by atoms with E-state index in [1.807, 2.05) is 0 Å². The van der Waals surface area contributed by atoms with Crippen molar-refractivity contribution in [3.8, 4) is 0 Å². The van der Waals surface area contributed by atoms with Crippen molar-refractivity contribution in [1.29, 1.82) is 0 Å². The molecule has 0 aliphatic rings. The van der Waals surface area contributed by atoms with E-state index in [-0.39, 0.29) is 5.54 Å². The molecule has 0 aliphatic heterocycles. The minimum absolute atomic E-state index is 0.162. The predicted octanol–water partition coefficient (Wildman–Crippen LogP) is 3.43. The lowest BCUT2D eigenvalue weighted by Crippen LogP contribution is -2.35. The maximum atomic E-state index is 5.58. The largest absolute Gasteiger partial charge is 0.377 e. The summed E-state index contributed by atoms with van der Waals surface area (Å²) in [7, 11) is 2.14. The number of rotatable bonds is 8. The Labute approximate surface area is 130 Å². The molecule has 0 amide bonds. The van der Waals surface area contributed by atoms with E-state index in [1.54, 1.807) is 0 Å². The van der Waals surface area contributed by atoms with Gasteiger partial charge in [0.1, 0.15) is 0 Å². The topological polar surface area (TPSA) is 24.5 Å². The molecule has 0 saturated carbocycles. The fraction of sp³-hybridized carbons (Fsp3) is 0.667. The summed E-state index contributed by atoms with van der Waals surface area (Å²) in [5, 5.41) is 3.51. The van der Waals surface area contributed by atoms with Crippen LogP contribution in [0.2, 0.25) is 0 Å². The minimum atomic E-state index is 0.162. The van der Waals surface area contributed by atoms with E-state index in [4.69, 9.17) is 4.74 Å². The molecule has 0 aromatic heterocycles. The summed E-state index contributed by atoms with van der Waals surface area (Å²) in [5.41, 5.74) is 2.84. The molecular formula is C18H32N2O. The number of hydrogen-bond acceptors (Lipinski definition) is 3. The molecule has 0 aliphatic carbocycles. The van der Waals surface area contributed by atoms with Crippen LogP contribution in [-0.2, 0) is 17.8 Å². The van der Waals surface area contributed by atoms with E-state index in [0.29, 0.717) is 6.10 Å². The van der Waals surface area contributed by atoms with Gasteiger partial charge in [-0.2, -0.15) is 0 Å². The van der Waals surface area contributed by atoms with Gasteiger partial charge in [-0.25, -0.2) is 0 Å². The molecule has 0 fully saturated rings. The number of nitrogens with one attached hydrogen (secondary N) is 1. The molecule has 0 saturated heterocycles. The van der Waals surface area contributed by atoms with E-state index < -0.39 is 0 Å². The maximum Gasteiger partial charge on any atom is 0.0596 e. The highest BCUT2D eigenvalue weighted by Gasteiger charge is 2.08. The van der Waals surface area contributed by atoms with Crippen LogP contribution in [0.5, 0.6) is 0 Å². The third-order valence-electron chi connectivity index (χ3n) is 3.22. The Morgan fingerprint density at radius 2 is 1.67 bits per heavy atom. The van der Waals surface area contributed by atoms with Gasteiger partial charge in [0.15, 0.2) is 0 Å². The molecule has 0 spiro atoms. The van der Waals surface area contributed by atoms with Crippen molar-refractivity contribution in [3.63, 3.8) is 0 Å². The summed E-state index contributed by atoms with van der Waals surface area (Å²) in [6.07, 6.45) is 0.313. The van der Waals surface area contributed by atoms with Gasteiger partial charge in [-0.05, 0) is 52.8 Å². The maximum absolute atomic E-state index is 5.58. The van der Waals surface area contributed by atoms with E-state index in [0.717, 1.165) is 26.2 Å². The lowest BCUT2D eigenvalue weighted by molar-refractivity contribution is 0.0627. The molecule has 1 aromatic carbocycles. The lowest BCUT2D eigenvalue weighted by Gasteiger charge is -2.21. The number of benzene rings is 1. The number of hydrogen-bond donors (Lipinski definition) is 1. The highest BCUT2D eigenvalue weighted by atomic mass is 16.5. The molecule has 3 nitrogen and oxygen atoms in total. The van der Waals surface area contributed by atoms with Crippen LogP contribution in [0.4, 0.5) is 0 Å². The smallest absolute Gasteiger partial charge is 0.0596 e. The van der Waals surface area contributed by atoms with Gasteiger partial charge in [-0.1, -0.05) is 24.3 Å². The summed E-state index contributed by atoms with van der Waals surface area (Å²) in [4.78, 5) is 2.30. The second kappa shape index (κ2) is 8.52. The molecule has 1 N–H and O–H groups in total. The second-order valence-electron chi connectivity index (χ2n) is 7.08. The minimum Gasteiger partial charge on any atom is -0.377 e. The van der Waals surface area contributed by atoms with Crippen LogP contribution in [0.1, 0.15) is 45.7 Å². The van der Waals surface area contributed by atoms with E-state index in [9.17, 15) is 0 Å². The van der Waals surface area contributed by atoms with Crippen molar-refractivity contribution in [1.82, 2.24) is 10.2 Å². The Morgan fingerprint density at radius 1 is 1.10 bits per heavy atom. The van der Waals surface area contributed by atoms with Crippen LogP contribution >= 0.6 is 0 Å². The normalized spacial score (nSPS) is 12.4. The molecule has 3 heteroatoms. The van der Waals surface area contributed by atoms with E-state index in [2.05, 4.69) is 76.1 Å². The van der Waals surface area contributed by atoms with Crippen LogP contribution in [0.25, 0.3) is 0 Å². The Hall–Kier alpha value is -0.900. The molecule has 0 radical (unpaired) electrons. The van der Waals surface area contributed by atoms with Crippen LogP contribution in [0.3, 0.4) is 0 Å². The first-order chi connectivity index (χ1) is 9.76. The van der Waals surface area contributed by atoms with Crippen molar-refractivity contribution in [2.75, 3.05) is 20.2 Å². The third-order valence-corrected chi connectivity index (χ3v) is 3.22. The third kappa shape index (κ3) is 8.86. The number of ether oxygens (including phenoxy) is 1. The van der Waals surface area contributed by atoms with Crippen LogP contribution in [0, 0.1) is 0 Å². The summed E-state index contributed by atoms with van der Waals surface area (Å²) >= 11 is 0. The Balaban J connectivity index is 2.36. The second-order valence-corrected chi connectivity index (χ2v) is 7.08. The van der Waals surface area contributed by atoms with Gasteiger partial charge < -0.3 is 10.1 Å². The van der Waals surface area contributed by atoms with Crippen LogP contribution in [-0.4, -0.2) is 36.7 Å². The van der Waals surface area contributed by atoms with Crippen molar-refractivity contribution < 1.29 is 4.74 Å². The summed E-state index contributed by atoms with van der Waals surface area (Å²) < 4.78 is 5.58. The van der Waals surface area contributed by atoms with Crippen molar-refractivity contribution >= 4 is 0 Å². The average Bonchev–Trinajstić information content (AvgIpc) is 2.36. The Kier molecular flexibility index (Phi) is 7.36. The molecule has 0 unspecified atom stereocenters. The first-order valence-corrected chi connectivity index (χ1v) is 7.89. The van der Waals surface area contributed by atoms with Gasteiger partial charge in [-0.15, -0.1) is 0 Å². The highest BCUT2D eigenvalue weighted by molar-refractivity contribution is 5.22. The summed E-state index contributed by atoms with van der Waals surface area (Å²) in [5.74, 6) is 0. The predicted molar refractivity (Wildman–Crippen MR) is 90.5 cm³/mol. The fourth-order valence-corrected chi connectivity index (χ4v) is 1.96. The van der Waals surface area contributed by atoms with Gasteiger partial charge in [0, 0.05) is 25.2 Å². The standard InChI is InChI=1S/C18H32N2O/c1-15(2)21-12-11-20(6)14-17-9-7-16(8-10-17)13-19-18(3,4)5/h7-10,15,19H,11-14H2,1-6H3. The van der Waals surface area contributed by atoms with Crippen molar-refractivity contribution in [3.05, 3.63) is 35.4 Å². The number of nitrogens with zero attached hydrogens (tertiary/aromatic N) is 1. The Bertz CT molecular complexity index is 393. The van der Waals surface area contributed by atoms with Crippen LogP contribution in [0.15, 0.2) is 24.3 Å². The molecule has 1 rings (SSSR count). The first-order valence-electron chi connectivity index (χ1n) is 7.89. The van der Waals surface area contributed by atoms with Crippen LogP contribution < -0.4 is 5.32 Å². The van der Waals surface area contributed by atoms with Crippen molar-refractivity contribution in [2.24, 2.45) is 0 Å². The van der Waals surface area contributed by atoms with Crippen molar-refractivity contribution in [2.45, 2.75) is 59.4 Å². The van der Waals surface area contributed by atoms with Gasteiger partial charge in [0.2, 0.25) is 0 Å². The average molecular weight is 292 g/mol. The molecule has 21 heavy (non-hydrogen) atoms. The Morgan fingerprint density at radius 3 is 2.19 bits per heavy atom. The molecule has 120 valence electrons. The van der Waals surface area contributed by atoms with Gasteiger partial charge in [0.05, 0.1) is 12.7 Å². The van der Waals surface area contributed by atoms with Gasteiger partial charge in [0.25, 0.3) is 0 Å². The summed E-state index contributed by atoms with van der Waals surface area (Å²) in [6.45, 7) is 14.4. The number of likely N-dealkylation sites (N-methyl/N-ethyl adjacent to an activating group) is 1. The SMILES string of the molecule is CC(C)OCCN(C)Cc1ccc(CNC(C)(C)C)cc1. The summed E-state index contributed by atoms with van der Waals surface area (Å²) in [6, 6.07) is 8.87. The molecule has 0 heterocycles. The zero-order valence-corrected chi connectivity index (χ0v) is 14.6. The molecule has 0 atom stereocenters.